The molecule has 0 bridgehead atoms. The SMILES string of the molecule is CCc1ccc(CNS(=O)(=O)c2cnccc2N)s1. The molecule has 0 radical (unpaired) electrons. The molecule has 0 aliphatic heterocycles. The summed E-state index contributed by atoms with van der Waals surface area (Å²) in [5.74, 6) is 0. The number of thiophene rings is 1. The van der Waals surface area contributed by atoms with E-state index in [-0.39, 0.29) is 17.1 Å². The first kappa shape index (κ1) is 14.0. The molecular formula is C12H15N3O2S2. The minimum absolute atomic E-state index is 0.0160. The summed E-state index contributed by atoms with van der Waals surface area (Å²) in [6.45, 7) is 2.33. The Kier molecular flexibility index (Phi) is 4.18. The zero-order valence-corrected chi connectivity index (χ0v) is 12.1. The molecule has 0 unspecified atom stereocenters. The molecule has 0 aromatic carbocycles. The average Bonchev–Trinajstić information content (AvgIpc) is 2.85. The van der Waals surface area contributed by atoms with Crippen LogP contribution in [-0.2, 0) is 23.0 Å². The van der Waals surface area contributed by atoms with Crippen molar-refractivity contribution in [2.24, 2.45) is 0 Å². The predicted molar refractivity (Wildman–Crippen MR) is 76.4 cm³/mol. The standard InChI is InChI=1S/C12H15N3O2S2/c1-2-9-3-4-10(18-9)7-15-19(16,17)12-8-14-6-5-11(12)13/h3-6,8,15H,2,7H2,1H3,(H2,13,14). The van der Waals surface area contributed by atoms with Gasteiger partial charge >= 0.3 is 0 Å². The number of nitrogens with zero attached hydrogens (tertiary/aromatic N) is 1. The highest BCUT2D eigenvalue weighted by molar-refractivity contribution is 7.89. The zero-order valence-electron chi connectivity index (χ0n) is 10.5. The second kappa shape index (κ2) is 5.68. The molecule has 0 fully saturated rings. The number of pyridine rings is 1. The third kappa shape index (κ3) is 3.31. The van der Waals surface area contributed by atoms with Crippen molar-refractivity contribution in [2.45, 2.75) is 24.8 Å². The summed E-state index contributed by atoms with van der Waals surface area (Å²) in [5, 5.41) is 0. The monoisotopic (exact) mass is 297 g/mol. The molecule has 0 aliphatic rings. The van der Waals surface area contributed by atoms with Gasteiger partial charge in [-0.05, 0) is 24.6 Å². The van der Waals surface area contributed by atoms with Crippen molar-refractivity contribution in [3.63, 3.8) is 0 Å². The number of sulfonamides is 1. The number of anilines is 1. The van der Waals surface area contributed by atoms with Gasteiger partial charge in [0.15, 0.2) is 0 Å². The Labute approximate surface area is 116 Å². The fraction of sp³-hybridized carbons (Fsp3) is 0.250. The van der Waals surface area contributed by atoms with E-state index in [2.05, 4.69) is 16.6 Å². The van der Waals surface area contributed by atoms with Crippen LogP contribution in [0, 0.1) is 0 Å². The van der Waals surface area contributed by atoms with Gasteiger partial charge in [-0.1, -0.05) is 6.92 Å². The van der Waals surface area contributed by atoms with Crippen molar-refractivity contribution >= 4 is 27.0 Å². The van der Waals surface area contributed by atoms with E-state index < -0.39 is 10.0 Å². The minimum Gasteiger partial charge on any atom is -0.398 e. The van der Waals surface area contributed by atoms with Gasteiger partial charge in [-0.15, -0.1) is 11.3 Å². The Bertz CT molecular complexity index is 665. The molecule has 0 aliphatic carbocycles. The largest absolute Gasteiger partial charge is 0.398 e. The van der Waals surface area contributed by atoms with Crippen molar-refractivity contribution in [2.75, 3.05) is 5.73 Å². The van der Waals surface area contributed by atoms with Crippen molar-refractivity contribution in [3.8, 4) is 0 Å². The van der Waals surface area contributed by atoms with Crippen LogP contribution >= 0.6 is 11.3 Å². The van der Waals surface area contributed by atoms with Crippen molar-refractivity contribution < 1.29 is 8.42 Å². The van der Waals surface area contributed by atoms with Crippen LogP contribution in [0.5, 0.6) is 0 Å². The van der Waals surface area contributed by atoms with Crippen LogP contribution in [0.1, 0.15) is 16.7 Å². The predicted octanol–water partition coefficient (Wildman–Crippen LogP) is 1.77. The fourth-order valence-corrected chi connectivity index (χ4v) is 3.63. The van der Waals surface area contributed by atoms with Crippen LogP contribution in [0.25, 0.3) is 0 Å². The summed E-state index contributed by atoms with van der Waals surface area (Å²) in [6, 6.07) is 5.40. The van der Waals surface area contributed by atoms with Gasteiger partial charge < -0.3 is 5.73 Å². The van der Waals surface area contributed by atoms with E-state index >= 15 is 0 Å². The van der Waals surface area contributed by atoms with Crippen LogP contribution in [0.15, 0.2) is 35.5 Å². The smallest absolute Gasteiger partial charge is 0.244 e. The normalized spacial score (nSPS) is 11.6. The van der Waals surface area contributed by atoms with Gasteiger partial charge in [0.1, 0.15) is 4.90 Å². The molecule has 2 rings (SSSR count). The molecule has 102 valence electrons. The number of nitrogens with two attached hydrogens (primary N) is 1. The Hall–Kier alpha value is -1.44. The lowest BCUT2D eigenvalue weighted by atomic mass is 10.4. The summed E-state index contributed by atoms with van der Waals surface area (Å²) in [5.41, 5.74) is 5.84. The van der Waals surface area contributed by atoms with Crippen LogP contribution in [0.3, 0.4) is 0 Å². The van der Waals surface area contributed by atoms with Gasteiger partial charge in [0.25, 0.3) is 0 Å². The maximum absolute atomic E-state index is 12.1. The topological polar surface area (TPSA) is 85.1 Å². The Morgan fingerprint density at radius 1 is 1.32 bits per heavy atom. The summed E-state index contributed by atoms with van der Waals surface area (Å²) in [4.78, 5) is 6.01. The van der Waals surface area contributed by atoms with E-state index in [9.17, 15) is 8.42 Å². The molecule has 2 aromatic heterocycles. The van der Waals surface area contributed by atoms with Crippen molar-refractivity contribution in [1.82, 2.24) is 9.71 Å². The number of rotatable bonds is 5. The van der Waals surface area contributed by atoms with Gasteiger partial charge in [-0.3, -0.25) is 4.98 Å². The number of hydrogen-bond acceptors (Lipinski definition) is 5. The van der Waals surface area contributed by atoms with Crippen molar-refractivity contribution in [3.05, 3.63) is 40.3 Å². The van der Waals surface area contributed by atoms with Crippen LogP contribution < -0.4 is 10.5 Å². The van der Waals surface area contributed by atoms with E-state index in [1.807, 2.05) is 12.1 Å². The Morgan fingerprint density at radius 3 is 2.68 bits per heavy atom. The first-order chi connectivity index (χ1) is 9.03. The lowest BCUT2D eigenvalue weighted by Gasteiger charge is -2.07. The summed E-state index contributed by atoms with van der Waals surface area (Å²) < 4.78 is 26.7. The second-order valence-electron chi connectivity index (χ2n) is 3.96. The van der Waals surface area contributed by atoms with E-state index in [1.165, 1.54) is 23.3 Å². The molecule has 0 saturated heterocycles. The van der Waals surface area contributed by atoms with E-state index in [0.29, 0.717) is 0 Å². The fourth-order valence-electron chi connectivity index (χ4n) is 1.57. The van der Waals surface area contributed by atoms with E-state index in [1.54, 1.807) is 11.3 Å². The maximum atomic E-state index is 12.1. The van der Waals surface area contributed by atoms with Crippen LogP contribution in [0.4, 0.5) is 5.69 Å². The highest BCUT2D eigenvalue weighted by Gasteiger charge is 2.17. The first-order valence-electron chi connectivity index (χ1n) is 5.79. The lowest BCUT2D eigenvalue weighted by Crippen LogP contribution is -2.23. The molecule has 0 amide bonds. The van der Waals surface area contributed by atoms with Gasteiger partial charge in [0.05, 0.1) is 5.69 Å². The third-order valence-electron chi connectivity index (χ3n) is 2.61. The average molecular weight is 297 g/mol. The molecule has 0 atom stereocenters. The molecule has 5 nitrogen and oxygen atoms in total. The van der Waals surface area contributed by atoms with E-state index in [4.69, 9.17) is 5.73 Å². The molecule has 19 heavy (non-hydrogen) atoms. The van der Waals surface area contributed by atoms with Gasteiger partial charge in [-0.2, -0.15) is 0 Å². The number of aryl methyl sites for hydroxylation is 1. The van der Waals surface area contributed by atoms with Gasteiger partial charge in [0, 0.05) is 28.7 Å². The number of nitrogens with one attached hydrogen (secondary N) is 1. The minimum atomic E-state index is -3.62. The van der Waals surface area contributed by atoms with Gasteiger partial charge in [0.2, 0.25) is 10.0 Å². The molecule has 7 heteroatoms. The number of nitrogen functional groups attached to an aromatic ring is 1. The second-order valence-corrected chi connectivity index (χ2v) is 6.95. The van der Waals surface area contributed by atoms with Crippen LogP contribution in [0.2, 0.25) is 0 Å². The maximum Gasteiger partial charge on any atom is 0.244 e. The molecule has 0 spiro atoms. The molecular weight excluding hydrogens is 282 g/mol. The Balaban J connectivity index is 2.12. The van der Waals surface area contributed by atoms with Gasteiger partial charge in [-0.25, -0.2) is 13.1 Å². The highest BCUT2D eigenvalue weighted by Crippen LogP contribution is 2.19. The Morgan fingerprint density at radius 2 is 2.05 bits per heavy atom. The summed E-state index contributed by atoms with van der Waals surface area (Å²) in [7, 11) is -3.62. The lowest BCUT2D eigenvalue weighted by molar-refractivity contribution is 0.582. The first-order valence-corrected chi connectivity index (χ1v) is 8.09. The van der Waals surface area contributed by atoms with E-state index in [0.717, 1.165) is 11.3 Å². The third-order valence-corrected chi connectivity index (χ3v) is 5.28. The number of hydrogen-bond donors (Lipinski definition) is 2. The quantitative estimate of drug-likeness (QED) is 0.880. The zero-order chi connectivity index (χ0) is 13.9. The highest BCUT2D eigenvalue weighted by atomic mass is 32.2. The molecule has 2 aromatic rings. The molecule has 0 saturated carbocycles. The molecule has 2 heterocycles. The van der Waals surface area contributed by atoms with Crippen molar-refractivity contribution in [1.29, 1.82) is 0 Å². The van der Waals surface area contributed by atoms with Crippen LogP contribution in [-0.4, -0.2) is 13.4 Å². The summed E-state index contributed by atoms with van der Waals surface area (Å²) in [6.07, 6.45) is 3.66. The number of aromatic nitrogens is 1. The summed E-state index contributed by atoms with van der Waals surface area (Å²) >= 11 is 1.60. The molecule has 3 N–H and O–H groups in total.